The van der Waals surface area contributed by atoms with E-state index in [1.807, 2.05) is 24.3 Å². The first-order chi connectivity index (χ1) is 11.1. The number of thiazole rings is 1. The molecule has 2 N–H and O–H groups in total. The van der Waals surface area contributed by atoms with E-state index in [1.165, 1.54) is 6.92 Å². The second kappa shape index (κ2) is 7.08. The van der Waals surface area contributed by atoms with Gasteiger partial charge in [-0.05, 0) is 30.9 Å². The maximum Gasteiger partial charge on any atom is 0.243 e. The minimum atomic E-state index is -0.427. The highest BCUT2D eigenvalue weighted by molar-refractivity contribution is 7.18. The van der Waals surface area contributed by atoms with E-state index < -0.39 is 6.04 Å². The Balaban J connectivity index is 1.64. The van der Waals surface area contributed by atoms with Gasteiger partial charge < -0.3 is 10.6 Å². The van der Waals surface area contributed by atoms with Crippen molar-refractivity contribution in [2.45, 2.75) is 45.2 Å². The number of fused-ring (bicyclic) bond motifs is 1. The molecule has 0 spiro atoms. The predicted molar refractivity (Wildman–Crippen MR) is 91.0 cm³/mol. The zero-order chi connectivity index (χ0) is 16.2. The van der Waals surface area contributed by atoms with Crippen molar-refractivity contribution < 1.29 is 9.59 Å². The molecule has 2 aromatic rings. The first kappa shape index (κ1) is 15.9. The number of carbonyl (C=O) groups is 2. The summed E-state index contributed by atoms with van der Waals surface area (Å²) >= 11 is 1.58. The molecule has 0 radical (unpaired) electrons. The average Bonchev–Trinajstić information content (AvgIpc) is 3.18. The summed E-state index contributed by atoms with van der Waals surface area (Å²) in [5.41, 5.74) is 0.955. The van der Waals surface area contributed by atoms with E-state index in [9.17, 15) is 9.59 Å². The van der Waals surface area contributed by atoms with Crippen LogP contribution in [0.4, 0.5) is 0 Å². The maximum atomic E-state index is 12.5. The van der Waals surface area contributed by atoms with Crippen molar-refractivity contribution >= 4 is 33.4 Å². The van der Waals surface area contributed by atoms with Crippen LogP contribution in [-0.2, 0) is 16.1 Å². The number of amides is 2. The smallest absolute Gasteiger partial charge is 0.243 e. The van der Waals surface area contributed by atoms with E-state index >= 15 is 0 Å². The minimum Gasteiger partial charge on any atom is -0.348 e. The Kier molecular flexibility index (Phi) is 4.91. The fraction of sp³-hybridized carbons (Fsp3) is 0.471. The Labute approximate surface area is 139 Å². The number of nitrogens with one attached hydrogen (secondary N) is 2. The van der Waals surface area contributed by atoms with E-state index in [-0.39, 0.29) is 17.7 Å². The van der Waals surface area contributed by atoms with Crippen LogP contribution in [0.15, 0.2) is 24.3 Å². The van der Waals surface area contributed by atoms with E-state index in [4.69, 9.17) is 0 Å². The lowest BCUT2D eigenvalue weighted by molar-refractivity contribution is -0.129. The molecule has 1 fully saturated rings. The van der Waals surface area contributed by atoms with E-state index in [1.54, 1.807) is 11.3 Å². The SMILES string of the molecule is CC(=O)N[C@H](C(=O)NCc1nc2ccccc2s1)C1CCCC1. The van der Waals surface area contributed by atoms with Gasteiger partial charge >= 0.3 is 0 Å². The van der Waals surface area contributed by atoms with Gasteiger partial charge in [0.1, 0.15) is 11.0 Å². The summed E-state index contributed by atoms with van der Waals surface area (Å²) in [6.45, 7) is 1.86. The summed E-state index contributed by atoms with van der Waals surface area (Å²) in [6, 6.07) is 7.50. The molecule has 1 aliphatic carbocycles. The molecule has 1 saturated carbocycles. The molecule has 5 nitrogen and oxygen atoms in total. The van der Waals surface area contributed by atoms with Crippen molar-refractivity contribution in [3.05, 3.63) is 29.3 Å². The predicted octanol–water partition coefficient (Wildman–Crippen LogP) is 2.61. The fourth-order valence-electron chi connectivity index (χ4n) is 3.18. The zero-order valence-corrected chi connectivity index (χ0v) is 14.0. The third-order valence-corrected chi connectivity index (χ3v) is 5.30. The van der Waals surface area contributed by atoms with Crippen LogP contribution in [0.3, 0.4) is 0 Å². The van der Waals surface area contributed by atoms with Crippen LogP contribution in [0, 0.1) is 5.92 Å². The third-order valence-electron chi connectivity index (χ3n) is 4.26. The van der Waals surface area contributed by atoms with Crippen LogP contribution in [0.25, 0.3) is 10.2 Å². The largest absolute Gasteiger partial charge is 0.348 e. The van der Waals surface area contributed by atoms with Crippen molar-refractivity contribution in [3.63, 3.8) is 0 Å². The van der Waals surface area contributed by atoms with Gasteiger partial charge in [-0.1, -0.05) is 25.0 Å². The van der Waals surface area contributed by atoms with Crippen molar-refractivity contribution in [1.82, 2.24) is 15.6 Å². The van der Waals surface area contributed by atoms with Crippen molar-refractivity contribution in [2.24, 2.45) is 5.92 Å². The molecule has 0 saturated heterocycles. The molecule has 6 heteroatoms. The molecule has 23 heavy (non-hydrogen) atoms. The molecule has 1 aliphatic rings. The Morgan fingerprint density at radius 3 is 2.74 bits per heavy atom. The van der Waals surface area contributed by atoms with Gasteiger partial charge in [0.05, 0.1) is 16.8 Å². The van der Waals surface area contributed by atoms with Gasteiger partial charge in [0.25, 0.3) is 0 Å². The molecular formula is C17H21N3O2S. The van der Waals surface area contributed by atoms with Crippen molar-refractivity contribution in [2.75, 3.05) is 0 Å². The number of aromatic nitrogens is 1. The van der Waals surface area contributed by atoms with Gasteiger partial charge in [0.2, 0.25) is 11.8 Å². The molecule has 0 aliphatic heterocycles. The van der Waals surface area contributed by atoms with Crippen LogP contribution in [0.2, 0.25) is 0 Å². The summed E-state index contributed by atoms with van der Waals surface area (Å²) in [5, 5.41) is 6.63. The summed E-state index contributed by atoms with van der Waals surface area (Å²) in [5.74, 6) is -0.0161. The summed E-state index contributed by atoms with van der Waals surface area (Å²) in [4.78, 5) is 28.4. The third kappa shape index (κ3) is 3.88. The van der Waals surface area contributed by atoms with E-state index in [2.05, 4.69) is 15.6 Å². The normalized spacial score (nSPS) is 16.4. The standard InChI is InChI=1S/C17H21N3O2S/c1-11(21)19-16(12-6-2-3-7-12)17(22)18-10-15-20-13-8-4-5-9-14(13)23-15/h4-5,8-9,12,16H,2-3,6-7,10H2,1H3,(H,18,22)(H,19,21)/t16-/m0/s1. The number of hydrogen-bond acceptors (Lipinski definition) is 4. The topological polar surface area (TPSA) is 71.1 Å². The molecule has 3 rings (SSSR count). The first-order valence-corrected chi connectivity index (χ1v) is 8.84. The summed E-state index contributed by atoms with van der Waals surface area (Å²) in [7, 11) is 0. The molecule has 0 unspecified atom stereocenters. The average molecular weight is 331 g/mol. The second-order valence-corrected chi connectivity index (χ2v) is 7.13. The van der Waals surface area contributed by atoms with Gasteiger partial charge in [-0.15, -0.1) is 11.3 Å². The van der Waals surface area contributed by atoms with E-state index in [0.717, 1.165) is 40.9 Å². The van der Waals surface area contributed by atoms with Crippen molar-refractivity contribution in [3.8, 4) is 0 Å². The molecule has 0 bridgehead atoms. The quantitative estimate of drug-likeness (QED) is 0.885. The maximum absolute atomic E-state index is 12.5. The van der Waals surface area contributed by atoms with Crippen molar-refractivity contribution in [1.29, 1.82) is 0 Å². The van der Waals surface area contributed by atoms with E-state index in [0.29, 0.717) is 6.54 Å². The number of rotatable bonds is 5. The number of benzene rings is 1. The minimum absolute atomic E-state index is 0.105. The molecule has 1 aromatic carbocycles. The van der Waals surface area contributed by atoms with Crippen LogP contribution in [-0.4, -0.2) is 22.8 Å². The molecule has 122 valence electrons. The van der Waals surface area contributed by atoms with Crippen LogP contribution >= 0.6 is 11.3 Å². The zero-order valence-electron chi connectivity index (χ0n) is 13.2. The fourth-order valence-corrected chi connectivity index (χ4v) is 4.08. The van der Waals surface area contributed by atoms with Crippen LogP contribution in [0.5, 0.6) is 0 Å². The van der Waals surface area contributed by atoms with Gasteiger partial charge in [0.15, 0.2) is 0 Å². The Bertz CT molecular complexity index is 674. The number of nitrogens with zero attached hydrogens (tertiary/aromatic N) is 1. The van der Waals surface area contributed by atoms with Gasteiger partial charge in [-0.2, -0.15) is 0 Å². The number of para-hydroxylation sites is 1. The highest BCUT2D eigenvalue weighted by Crippen LogP contribution is 2.28. The van der Waals surface area contributed by atoms with Gasteiger partial charge in [-0.3, -0.25) is 9.59 Å². The Morgan fingerprint density at radius 1 is 1.30 bits per heavy atom. The molecular weight excluding hydrogens is 310 g/mol. The highest BCUT2D eigenvalue weighted by atomic mass is 32.1. The lowest BCUT2D eigenvalue weighted by Gasteiger charge is -2.23. The molecule has 1 atom stereocenters. The molecule has 1 aromatic heterocycles. The van der Waals surface area contributed by atoms with Gasteiger partial charge in [-0.25, -0.2) is 4.98 Å². The lowest BCUT2D eigenvalue weighted by atomic mass is 9.97. The highest BCUT2D eigenvalue weighted by Gasteiger charge is 2.31. The Hall–Kier alpha value is -1.95. The Morgan fingerprint density at radius 2 is 2.04 bits per heavy atom. The summed E-state index contributed by atoms with van der Waals surface area (Å²) in [6.07, 6.45) is 4.26. The number of carbonyl (C=O) groups excluding carboxylic acids is 2. The molecule has 2 amide bonds. The van der Waals surface area contributed by atoms with Gasteiger partial charge in [0, 0.05) is 6.92 Å². The van der Waals surface area contributed by atoms with Crippen LogP contribution in [0.1, 0.15) is 37.6 Å². The van der Waals surface area contributed by atoms with Crippen LogP contribution < -0.4 is 10.6 Å². The lowest BCUT2D eigenvalue weighted by Crippen LogP contribution is -2.49. The number of hydrogen-bond donors (Lipinski definition) is 2. The monoisotopic (exact) mass is 331 g/mol. The summed E-state index contributed by atoms with van der Waals surface area (Å²) < 4.78 is 1.12. The first-order valence-electron chi connectivity index (χ1n) is 8.03. The second-order valence-electron chi connectivity index (χ2n) is 6.02. The molecule has 1 heterocycles.